The highest BCUT2D eigenvalue weighted by Gasteiger charge is 2.35. The maximum absolute atomic E-state index is 11.1. The zero-order valence-corrected chi connectivity index (χ0v) is 11.7. The average Bonchev–Trinajstić information content (AvgIpc) is 2.43. The molecule has 0 radical (unpaired) electrons. The number of nitriles is 1. The molecule has 1 aromatic heterocycles. The van der Waals surface area contributed by atoms with E-state index < -0.39 is 5.41 Å². The summed E-state index contributed by atoms with van der Waals surface area (Å²) < 4.78 is 5.41. The van der Waals surface area contributed by atoms with Crippen molar-refractivity contribution < 1.29 is 9.66 Å². The van der Waals surface area contributed by atoms with E-state index in [0.29, 0.717) is 36.5 Å². The Morgan fingerprint density at radius 3 is 2.90 bits per heavy atom. The highest BCUT2D eigenvalue weighted by Crippen LogP contribution is 2.34. The third-order valence-electron chi connectivity index (χ3n) is 3.82. The summed E-state index contributed by atoms with van der Waals surface area (Å²) in [7, 11) is 0. The first-order chi connectivity index (χ1) is 9.49. The Morgan fingerprint density at radius 1 is 1.60 bits per heavy atom. The summed E-state index contributed by atoms with van der Waals surface area (Å²) in [5.41, 5.74) is 1.20. The minimum Gasteiger partial charge on any atom is -0.380 e. The van der Waals surface area contributed by atoms with Gasteiger partial charge in [0.1, 0.15) is 0 Å². The van der Waals surface area contributed by atoms with Crippen molar-refractivity contribution in [2.75, 3.05) is 13.2 Å². The summed E-state index contributed by atoms with van der Waals surface area (Å²) in [4.78, 5) is 15.0. The van der Waals surface area contributed by atoms with Gasteiger partial charge in [0.15, 0.2) is 0 Å². The van der Waals surface area contributed by atoms with E-state index in [1.165, 1.54) is 6.20 Å². The number of nitro groups is 1. The van der Waals surface area contributed by atoms with Gasteiger partial charge in [-0.3, -0.25) is 15.1 Å². The molecule has 6 heteroatoms. The summed E-state index contributed by atoms with van der Waals surface area (Å²) in [6.07, 6.45) is 3.48. The summed E-state index contributed by atoms with van der Waals surface area (Å²) in [6.45, 7) is 4.41. The third kappa shape index (κ3) is 2.63. The zero-order valence-electron chi connectivity index (χ0n) is 11.7. The predicted octanol–water partition coefficient (Wildman–Crippen LogP) is 2.47. The number of ether oxygens (including phenoxy) is 1. The molecule has 1 aliphatic rings. The smallest absolute Gasteiger partial charge is 0.278 e. The van der Waals surface area contributed by atoms with Gasteiger partial charge in [0.05, 0.1) is 28.7 Å². The molecule has 0 aromatic carbocycles. The lowest BCUT2D eigenvalue weighted by Gasteiger charge is -2.30. The lowest BCUT2D eigenvalue weighted by atomic mass is 9.79. The van der Waals surface area contributed by atoms with Gasteiger partial charge in [-0.05, 0) is 26.7 Å². The summed E-state index contributed by atoms with van der Waals surface area (Å²) >= 11 is 0. The fourth-order valence-electron chi connectivity index (χ4n) is 2.66. The normalized spacial score (nSPS) is 22.2. The van der Waals surface area contributed by atoms with Crippen molar-refractivity contribution >= 4 is 5.69 Å². The number of hydrogen-bond donors (Lipinski definition) is 0. The van der Waals surface area contributed by atoms with Crippen LogP contribution < -0.4 is 0 Å². The van der Waals surface area contributed by atoms with Gasteiger partial charge in [-0.25, -0.2) is 0 Å². The molecule has 0 amide bonds. The van der Waals surface area contributed by atoms with Crippen LogP contribution in [0.2, 0.25) is 0 Å². The molecule has 0 N–H and O–H groups in total. The zero-order chi connectivity index (χ0) is 14.8. The molecule has 2 heterocycles. The van der Waals surface area contributed by atoms with E-state index >= 15 is 0 Å². The topological polar surface area (TPSA) is 89.0 Å². The average molecular weight is 275 g/mol. The Labute approximate surface area is 117 Å². The number of hydrogen-bond acceptors (Lipinski definition) is 5. The molecule has 0 bridgehead atoms. The van der Waals surface area contributed by atoms with E-state index in [9.17, 15) is 15.4 Å². The highest BCUT2D eigenvalue weighted by molar-refractivity contribution is 5.47. The quantitative estimate of drug-likeness (QED) is 0.624. The first kappa shape index (κ1) is 14.4. The third-order valence-corrected chi connectivity index (χ3v) is 3.82. The van der Waals surface area contributed by atoms with Gasteiger partial charge in [-0.2, -0.15) is 5.26 Å². The summed E-state index contributed by atoms with van der Waals surface area (Å²) in [6, 6.07) is 2.32. The second kappa shape index (κ2) is 5.55. The van der Waals surface area contributed by atoms with Crippen LogP contribution in [-0.2, 0) is 11.2 Å². The Hall–Kier alpha value is -2.00. The number of aromatic nitrogens is 1. The molecule has 2 rings (SSSR count). The number of nitrogens with zero attached hydrogens (tertiary/aromatic N) is 3. The molecular formula is C14H17N3O3. The Balaban J connectivity index is 2.37. The molecule has 1 saturated heterocycles. The fourth-order valence-corrected chi connectivity index (χ4v) is 2.66. The molecule has 1 aliphatic heterocycles. The first-order valence-corrected chi connectivity index (χ1v) is 6.57. The van der Waals surface area contributed by atoms with E-state index in [1.54, 1.807) is 13.8 Å². The number of aryl methyl sites for hydroxylation is 1. The first-order valence-electron chi connectivity index (χ1n) is 6.57. The van der Waals surface area contributed by atoms with Crippen LogP contribution in [0.25, 0.3) is 0 Å². The van der Waals surface area contributed by atoms with Crippen LogP contribution in [-0.4, -0.2) is 23.1 Å². The summed E-state index contributed by atoms with van der Waals surface area (Å²) in [5.74, 6) is 0. The van der Waals surface area contributed by atoms with Crippen molar-refractivity contribution in [3.63, 3.8) is 0 Å². The van der Waals surface area contributed by atoms with Gasteiger partial charge in [0.25, 0.3) is 5.69 Å². The van der Waals surface area contributed by atoms with E-state index in [1.807, 2.05) is 0 Å². The minimum atomic E-state index is -0.612. The van der Waals surface area contributed by atoms with Crippen LogP contribution in [0.1, 0.15) is 29.7 Å². The second-order valence-corrected chi connectivity index (χ2v) is 5.34. The fraction of sp³-hybridized carbons (Fsp3) is 0.571. The van der Waals surface area contributed by atoms with Crippen molar-refractivity contribution in [1.29, 1.82) is 5.26 Å². The van der Waals surface area contributed by atoms with Crippen LogP contribution in [0.4, 0.5) is 5.69 Å². The molecule has 1 fully saturated rings. The van der Waals surface area contributed by atoms with Crippen molar-refractivity contribution in [2.45, 2.75) is 33.1 Å². The van der Waals surface area contributed by atoms with Gasteiger partial charge in [0, 0.05) is 30.4 Å². The van der Waals surface area contributed by atoms with Gasteiger partial charge in [0.2, 0.25) is 0 Å². The molecular weight excluding hydrogens is 258 g/mol. The van der Waals surface area contributed by atoms with Crippen molar-refractivity contribution in [1.82, 2.24) is 4.98 Å². The van der Waals surface area contributed by atoms with Crippen LogP contribution >= 0.6 is 0 Å². The monoisotopic (exact) mass is 275 g/mol. The van der Waals surface area contributed by atoms with Gasteiger partial charge in [-0.15, -0.1) is 0 Å². The van der Waals surface area contributed by atoms with Crippen LogP contribution in [0.3, 0.4) is 0 Å². The van der Waals surface area contributed by atoms with Crippen molar-refractivity contribution in [3.05, 3.63) is 33.1 Å². The van der Waals surface area contributed by atoms with Crippen LogP contribution in [0.15, 0.2) is 6.20 Å². The van der Waals surface area contributed by atoms with Crippen molar-refractivity contribution in [3.8, 4) is 6.07 Å². The maximum Gasteiger partial charge on any atom is 0.278 e. The second-order valence-electron chi connectivity index (χ2n) is 5.34. The SMILES string of the molecule is Cc1cnc(CC2(C#N)CCCOC2)c(C)c1[N+](=O)[O-]. The lowest BCUT2D eigenvalue weighted by Crippen LogP contribution is -2.33. The van der Waals surface area contributed by atoms with E-state index in [4.69, 9.17) is 4.74 Å². The molecule has 1 aromatic rings. The molecule has 106 valence electrons. The van der Waals surface area contributed by atoms with Crippen LogP contribution in [0, 0.1) is 40.7 Å². The van der Waals surface area contributed by atoms with Crippen molar-refractivity contribution in [2.24, 2.45) is 5.41 Å². The molecule has 6 nitrogen and oxygen atoms in total. The molecule has 1 atom stereocenters. The largest absolute Gasteiger partial charge is 0.380 e. The minimum absolute atomic E-state index is 0.0971. The molecule has 0 spiro atoms. The molecule has 20 heavy (non-hydrogen) atoms. The number of rotatable bonds is 3. The lowest BCUT2D eigenvalue weighted by molar-refractivity contribution is -0.386. The van der Waals surface area contributed by atoms with E-state index in [0.717, 1.165) is 12.8 Å². The number of pyridine rings is 1. The van der Waals surface area contributed by atoms with E-state index in [-0.39, 0.29) is 10.6 Å². The summed E-state index contributed by atoms with van der Waals surface area (Å²) in [5, 5.41) is 20.6. The molecule has 1 unspecified atom stereocenters. The van der Waals surface area contributed by atoms with Gasteiger partial charge in [-0.1, -0.05) is 0 Å². The highest BCUT2D eigenvalue weighted by atomic mass is 16.6. The standard InChI is InChI=1S/C14H17N3O3/c1-10-7-16-12(11(2)13(10)17(18)19)6-14(8-15)4-3-5-20-9-14/h7H,3-6,9H2,1-2H3. The van der Waals surface area contributed by atoms with Gasteiger partial charge < -0.3 is 4.74 Å². The van der Waals surface area contributed by atoms with E-state index in [2.05, 4.69) is 11.1 Å². The maximum atomic E-state index is 11.1. The Kier molecular flexibility index (Phi) is 4.00. The predicted molar refractivity (Wildman–Crippen MR) is 72.2 cm³/mol. The van der Waals surface area contributed by atoms with Gasteiger partial charge >= 0.3 is 0 Å². The molecule has 0 aliphatic carbocycles. The Morgan fingerprint density at radius 2 is 2.35 bits per heavy atom. The van der Waals surface area contributed by atoms with Crippen LogP contribution in [0.5, 0.6) is 0 Å². The Bertz CT molecular complexity index is 572. The molecule has 0 saturated carbocycles.